The van der Waals surface area contributed by atoms with Crippen LogP contribution in [-0.4, -0.2) is 29.1 Å². The molecule has 1 saturated carbocycles. The van der Waals surface area contributed by atoms with Gasteiger partial charge in [-0.3, -0.25) is 4.79 Å². The maximum absolute atomic E-state index is 11.9. The highest BCUT2D eigenvalue weighted by molar-refractivity contribution is 5.92. The first-order chi connectivity index (χ1) is 7.34. The molecule has 0 N–H and O–H groups in total. The van der Waals surface area contributed by atoms with E-state index in [-0.39, 0.29) is 5.91 Å². The Labute approximate surface area is 88.2 Å². The summed E-state index contributed by atoms with van der Waals surface area (Å²) in [5, 5.41) is 3.69. The fraction of sp³-hybridized carbons (Fsp3) is 0.636. The highest BCUT2D eigenvalue weighted by Crippen LogP contribution is 2.37. The summed E-state index contributed by atoms with van der Waals surface area (Å²) in [6, 6.07) is 1.64. The first-order valence-electron chi connectivity index (χ1n) is 5.54. The Morgan fingerprint density at radius 3 is 2.73 bits per heavy atom. The predicted octanol–water partition coefficient (Wildman–Crippen LogP) is 1.55. The van der Waals surface area contributed by atoms with Gasteiger partial charge >= 0.3 is 0 Å². The first kappa shape index (κ1) is 8.95. The maximum Gasteiger partial charge on any atom is 0.276 e. The van der Waals surface area contributed by atoms with Crippen LogP contribution in [0.3, 0.4) is 0 Å². The van der Waals surface area contributed by atoms with Crippen molar-refractivity contribution in [1.82, 2.24) is 10.1 Å². The Morgan fingerprint density at radius 2 is 2.13 bits per heavy atom. The normalized spacial score (nSPS) is 29.5. The molecule has 4 heteroatoms. The van der Waals surface area contributed by atoms with Crippen LogP contribution in [0.1, 0.15) is 29.8 Å². The van der Waals surface area contributed by atoms with Crippen LogP contribution >= 0.6 is 0 Å². The van der Waals surface area contributed by atoms with Gasteiger partial charge in [0.05, 0.1) is 0 Å². The molecule has 1 aliphatic carbocycles. The zero-order chi connectivity index (χ0) is 10.3. The maximum atomic E-state index is 11.9. The standard InChI is InChI=1S/C11H14N2O2/c14-11(10-4-5-15-12-10)13-6-8-2-1-3-9(8)7-13/h4-5,8-9H,1-3,6-7H2. The molecule has 2 unspecified atom stereocenters. The molecule has 1 aromatic rings. The summed E-state index contributed by atoms with van der Waals surface area (Å²) >= 11 is 0. The number of amides is 1. The number of hydrogen-bond acceptors (Lipinski definition) is 3. The molecule has 1 saturated heterocycles. The minimum Gasteiger partial charge on any atom is -0.364 e. The third-order valence-electron chi connectivity index (χ3n) is 3.67. The van der Waals surface area contributed by atoms with E-state index in [1.807, 2.05) is 4.90 Å². The molecule has 2 atom stereocenters. The lowest BCUT2D eigenvalue weighted by molar-refractivity contribution is 0.0770. The lowest BCUT2D eigenvalue weighted by Crippen LogP contribution is -2.29. The van der Waals surface area contributed by atoms with Crippen molar-refractivity contribution in [2.45, 2.75) is 19.3 Å². The van der Waals surface area contributed by atoms with Gasteiger partial charge < -0.3 is 9.42 Å². The Kier molecular flexibility index (Phi) is 2.01. The molecule has 2 fully saturated rings. The highest BCUT2D eigenvalue weighted by atomic mass is 16.5. The van der Waals surface area contributed by atoms with E-state index in [9.17, 15) is 4.79 Å². The third kappa shape index (κ3) is 1.44. The van der Waals surface area contributed by atoms with Gasteiger partial charge in [0.2, 0.25) is 0 Å². The number of carbonyl (C=O) groups excluding carboxylic acids is 1. The topological polar surface area (TPSA) is 46.3 Å². The molecule has 3 rings (SSSR count). The molecule has 1 amide bonds. The van der Waals surface area contributed by atoms with Crippen LogP contribution in [0.5, 0.6) is 0 Å². The Hall–Kier alpha value is -1.32. The summed E-state index contributed by atoms with van der Waals surface area (Å²) in [6.07, 6.45) is 5.35. The molecule has 15 heavy (non-hydrogen) atoms. The number of fused-ring (bicyclic) bond motifs is 1. The average Bonchev–Trinajstić information content (AvgIpc) is 2.92. The number of nitrogens with zero attached hydrogens (tertiary/aromatic N) is 2. The quantitative estimate of drug-likeness (QED) is 0.700. The van der Waals surface area contributed by atoms with Crippen molar-refractivity contribution in [3.63, 3.8) is 0 Å². The van der Waals surface area contributed by atoms with Crippen LogP contribution in [-0.2, 0) is 0 Å². The van der Waals surface area contributed by atoms with Gasteiger partial charge in [0, 0.05) is 19.2 Å². The SMILES string of the molecule is O=C(c1ccon1)N1CC2CCCC2C1. The number of rotatable bonds is 1. The number of likely N-dealkylation sites (tertiary alicyclic amines) is 1. The van der Waals surface area contributed by atoms with Gasteiger partial charge in [0.1, 0.15) is 6.26 Å². The first-order valence-corrected chi connectivity index (χ1v) is 5.54. The zero-order valence-electron chi connectivity index (χ0n) is 8.56. The third-order valence-corrected chi connectivity index (χ3v) is 3.67. The molecule has 0 radical (unpaired) electrons. The number of aromatic nitrogens is 1. The molecular weight excluding hydrogens is 192 g/mol. The van der Waals surface area contributed by atoms with Crippen LogP contribution in [0, 0.1) is 11.8 Å². The minimum atomic E-state index is 0.0261. The second kappa shape index (κ2) is 3.36. The molecule has 2 heterocycles. The summed E-state index contributed by atoms with van der Waals surface area (Å²) in [5.74, 6) is 1.50. The number of carbonyl (C=O) groups is 1. The van der Waals surface area contributed by atoms with Crippen LogP contribution in [0.2, 0.25) is 0 Å². The van der Waals surface area contributed by atoms with Crippen molar-refractivity contribution >= 4 is 5.91 Å². The molecule has 1 aliphatic heterocycles. The number of hydrogen-bond donors (Lipinski definition) is 0. The van der Waals surface area contributed by atoms with Gasteiger partial charge in [0.25, 0.3) is 5.91 Å². The van der Waals surface area contributed by atoms with E-state index in [1.54, 1.807) is 6.07 Å². The fourth-order valence-electron chi connectivity index (χ4n) is 2.89. The van der Waals surface area contributed by atoms with Gasteiger partial charge in [-0.1, -0.05) is 11.6 Å². The van der Waals surface area contributed by atoms with Crippen molar-refractivity contribution in [3.8, 4) is 0 Å². The second-order valence-electron chi connectivity index (χ2n) is 4.55. The van der Waals surface area contributed by atoms with E-state index in [2.05, 4.69) is 5.16 Å². The molecule has 1 aromatic heterocycles. The van der Waals surface area contributed by atoms with Crippen LogP contribution in [0.15, 0.2) is 16.9 Å². The fourth-order valence-corrected chi connectivity index (χ4v) is 2.89. The summed E-state index contributed by atoms with van der Waals surface area (Å²) in [5.41, 5.74) is 0.440. The smallest absolute Gasteiger partial charge is 0.276 e. The molecule has 4 nitrogen and oxygen atoms in total. The summed E-state index contributed by atoms with van der Waals surface area (Å²) < 4.78 is 4.69. The molecule has 80 valence electrons. The predicted molar refractivity (Wildman–Crippen MR) is 53.2 cm³/mol. The van der Waals surface area contributed by atoms with Crippen molar-refractivity contribution in [3.05, 3.63) is 18.0 Å². The lowest BCUT2D eigenvalue weighted by Gasteiger charge is -2.15. The Bertz CT molecular complexity index is 349. The van der Waals surface area contributed by atoms with Gasteiger partial charge in [-0.05, 0) is 24.7 Å². The van der Waals surface area contributed by atoms with E-state index < -0.39 is 0 Å². The van der Waals surface area contributed by atoms with Gasteiger partial charge in [-0.25, -0.2) is 0 Å². The van der Waals surface area contributed by atoms with Crippen molar-refractivity contribution < 1.29 is 9.32 Å². The molecule has 0 aromatic carbocycles. The molecule has 0 spiro atoms. The summed E-state index contributed by atoms with van der Waals surface area (Å²) in [7, 11) is 0. The van der Waals surface area contributed by atoms with E-state index in [0.717, 1.165) is 24.9 Å². The van der Waals surface area contributed by atoms with Gasteiger partial charge in [0.15, 0.2) is 5.69 Å². The Balaban J connectivity index is 1.72. The highest BCUT2D eigenvalue weighted by Gasteiger charge is 2.38. The zero-order valence-corrected chi connectivity index (χ0v) is 8.56. The van der Waals surface area contributed by atoms with Gasteiger partial charge in [-0.2, -0.15) is 0 Å². The van der Waals surface area contributed by atoms with E-state index in [1.165, 1.54) is 25.5 Å². The van der Waals surface area contributed by atoms with E-state index in [4.69, 9.17) is 4.52 Å². The van der Waals surface area contributed by atoms with Crippen LogP contribution in [0.25, 0.3) is 0 Å². The van der Waals surface area contributed by atoms with Crippen molar-refractivity contribution in [2.24, 2.45) is 11.8 Å². The van der Waals surface area contributed by atoms with Crippen LogP contribution in [0.4, 0.5) is 0 Å². The van der Waals surface area contributed by atoms with Crippen molar-refractivity contribution in [2.75, 3.05) is 13.1 Å². The van der Waals surface area contributed by atoms with E-state index in [0.29, 0.717) is 5.69 Å². The molecule has 2 aliphatic rings. The monoisotopic (exact) mass is 206 g/mol. The second-order valence-corrected chi connectivity index (χ2v) is 4.55. The Morgan fingerprint density at radius 1 is 1.40 bits per heavy atom. The summed E-state index contributed by atoms with van der Waals surface area (Å²) in [4.78, 5) is 13.9. The summed E-state index contributed by atoms with van der Waals surface area (Å²) in [6.45, 7) is 1.83. The van der Waals surface area contributed by atoms with Crippen molar-refractivity contribution in [1.29, 1.82) is 0 Å². The molecular formula is C11H14N2O2. The molecule has 0 bridgehead atoms. The van der Waals surface area contributed by atoms with Crippen LogP contribution < -0.4 is 0 Å². The lowest BCUT2D eigenvalue weighted by atomic mass is 10.0. The average molecular weight is 206 g/mol. The minimum absolute atomic E-state index is 0.0261. The van der Waals surface area contributed by atoms with E-state index >= 15 is 0 Å². The largest absolute Gasteiger partial charge is 0.364 e. The van der Waals surface area contributed by atoms with Gasteiger partial charge in [-0.15, -0.1) is 0 Å².